The summed E-state index contributed by atoms with van der Waals surface area (Å²) in [4.78, 5) is 0. The molecule has 0 spiro atoms. The molecule has 19 heavy (non-hydrogen) atoms. The maximum atomic E-state index is 5.39. The summed E-state index contributed by atoms with van der Waals surface area (Å²) in [7, 11) is 1.75. The SMILES string of the molecule is CCCCCc1c2n(c3ccc(OC)cc13)CCC2. The van der Waals surface area contributed by atoms with E-state index in [1.54, 1.807) is 18.4 Å². The molecule has 0 unspecified atom stereocenters. The summed E-state index contributed by atoms with van der Waals surface area (Å²) < 4.78 is 7.92. The van der Waals surface area contributed by atoms with Crippen LogP contribution >= 0.6 is 0 Å². The second-order valence-electron chi connectivity index (χ2n) is 5.52. The van der Waals surface area contributed by atoms with Crippen molar-refractivity contribution in [1.29, 1.82) is 0 Å². The zero-order valence-corrected chi connectivity index (χ0v) is 12.0. The van der Waals surface area contributed by atoms with Crippen LogP contribution in [0.4, 0.5) is 0 Å². The number of methoxy groups -OCH3 is 1. The molecule has 0 amide bonds. The lowest BCUT2D eigenvalue weighted by Gasteiger charge is -2.04. The monoisotopic (exact) mass is 257 g/mol. The van der Waals surface area contributed by atoms with Crippen LogP contribution in [0, 0.1) is 0 Å². The van der Waals surface area contributed by atoms with E-state index in [1.165, 1.54) is 56.0 Å². The Balaban J connectivity index is 2.06. The van der Waals surface area contributed by atoms with Gasteiger partial charge < -0.3 is 9.30 Å². The Hall–Kier alpha value is -1.44. The van der Waals surface area contributed by atoms with Crippen LogP contribution in [-0.2, 0) is 19.4 Å². The van der Waals surface area contributed by atoms with Gasteiger partial charge in [-0.2, -0.15) is 0 Å². The minimum absolute atomic E-state index is 0.980. The molecule has 2 heteroatoms. The van der Waals surface area contributed by atoms with E-state index in [0.29, 0.717) is 0 Å². The topological polar surface area (TPSA) is 14.2 Å². The van der Waals surface area contributed by atoms with Crippen LogP contribution in [0.1, 0.15) is 43.9 Å². The first-order chi connectivity index (χ1) is 9.35. The molecule has 0 aliphatic carbocycles. The molecular weight excluding hydrogens is 234 g/mol. The predicted molar refractivity (Wildman–Crippen MR) is 80.0 cm³/mol. The summed E-state index contributed by atoms with van der Waals surface area (Å²) >= 11 is 0. The van der Waals surface area contributed by atoms with E-state index in [-0.39, 0.29) is 0 Å². The first-order valence-electron chi connectivity index (χ1n) is 7.53. The molecule has 0 saturated heterocycles. The number of benzene rings is 1. The number of hydrogen-bond donors (Lipinski definition) is 0. The lowest BCUT2D eigenvalue weighted by Crippen LogP contribution is -1.93. The van der Waals surface area contributed by atoms with Crippen LogP contribution in [0.15, 0.2) is 18.2 Å². The zero-order chi connectivity index (χ0) is 13.2. The van der Waals surface area contributed by atoms with E-state index in [2.05, 4.69) is 29.7 Å². The van der Waals surface area contributed by atoms with Crippen LogP contribution in [-0.4, -0.2) is 11.7 Å². The fourth-order valence-corrected chi connectivity index (χ4v) is 3.36. The summed E-state index contributed by atoms with van der Waals surface area (Å²) in [6, 6.07) is 6.54. The van der Waals surface area contributed by atoms with Gasteiger partial charge in [-0.3, -0.25) is 0 Å². The Bertz CT molecular complexity index is 582. The summed E-state index contributed by atoms with van der Waals surface area (Å²) in [6.07, 6.45) is 7.70. The lowest BCUT2D eigenvalue weighted by molar-refractivity contribution is 0.415. The van der Waals surface area contributed by atoms with E-state index in [4.69, 9.17) is 4.74 Å². The van der Waals surface area contributed by atoms with Gasteiger partial charge in [-0.1, -0.05) is 19.8 Å². The molecule has 1 aliphatic rings. The van der Waals surface area contributed by atoms with Crippen molar-refractivity contribution in [3.05, 3.63) is 29.5 Å². The van der Waals surface area contributed by atoms with Crippen molar-refractivity contribution in [3.63, 3.8) is 0 Å². The van der Waals surface area contributed by atoms with E-state index < -0.39 is 0 Å². The number of unbranched alkanes of at least 4 members (excludes halogenated alkanes) is 2. The number of aryl methyl sites for hydroxylation is 2. The molecule has 3 rings (SSSR count). The number of hydrogen-bond acceptors (Lipinski definition) is 1. The molecule has 0 saturated carbocycles. The molecule has 0 N–H and O–H groups in total. The minimum Gasteiger partial charge on any atom is -0.497 e. The van der Waals surface area contributed by atoms with Gasteiger partial charge in [0.1, 0.15) is 5.75 Å². The van der Waals surface area contributed by atoms with Crippen LogP contribution in [0.5, 0.6) is 5.75 Å². The maximum Gasteiger partial charge on any atom is 0.119 e. The van der Waals surface area contributed by atoms with Crippen molar-refractivity contribution in [2.75, 3.05) is 7.11 Å². The third-order valence-electron chi connectivity index (χ3n) is 4.32. The van der Waals surface area contributed by atoms with Gasteiger partial charge in [0.15, 0.2) is 0 Å². The molecule has 0 fully saturated rings. The second kappa shape index (κ2) is 5.28. The van der Waals surface area contributed by atoms with Crippen LogP contribution in [0.3, 0.4) is 0 Å². The molecular formula is C17H23NO. The van der Waals surface area contributed by atoms with E-state index in [1.807, 2.05) is 0 Å². The largest absolute Gasteiger partial charge is 0.497 e. The van der Waals surface area contributed by atoms with Crippen molar-refractivity contribution >= 4 is 10.9 Å². The van der Waals surface area contributed by atoms with E-state index in [9.17, 15) is 0 Å². The van der Waals surface area contributed by atoms with Crippen molar-refractivity contribution < 1.29 is 4.74 Å². The first-order valence-corrected chi connectivity index (χ1v) is 7.53. The fourth-order valence-electron chi connectivity index (χ4n) is 3.36. The van der Waals surface area contributed by atoms with Crippen molar-refractivity contribution in [2.24, 2.45) is 0 Å². The third kappa shape index (κ3) is 2.13. The Morgan fingerprint density at radius 1 is 1.26 bits per heavy atom. The summed E-state index contributed by atoms with van der Waals surface area (Å²) in [6.45, 7) is 3.46. The van der Waals surface area contributed by atoms with Crippen molar-refractivity contribution in [1.82, 2.24) is 4.57 Å². The smallest absolute Gasteiger partial charge is 0.119 e. The van der Waals surface area contributed by atoms with Gasteiger partial charge in [-0.05, 0) is 49.4 Å². The molecule has 1 aromatic carbocycles. The van der Waals surface area contributed by atoms with Crippen molar-refractivity contribution in [3.8, 4) is 5.75 Å². The number of rotatable bonds is 5. The maximum absolute atomic E-state index is 5.39. The van der Waals surface area contributed by atoms with Crippen LogP contribution in [0.25, 0.3) is 10.9 Å². The Labute approximate surface area is 115 Å². The first kappa shape index (κ1) is 12.6. The average Bonchev–Trinajstić information content (AvgIpc) is 3.01. The number of ether oxygens (including phenoxy) is 1. The van der Waals surface area contributed by atoms with Gasteiger partial charge >= 0.3 is 0 Å². The van der Waals surface area contributed by atoms with Crippen molar-refractivity contribution in [2.45, 2.75) is 52.0 Å². The normalized spacial score (nSPS) is 14.0. The molecule has 1 aromatic heterocycles. The molecule has 0 bridgehead atoms. The molecule has 2 heterocycles. The number of aromatic nitrogens is 1. The van der Waals surface area contributed by atoms with Gasteiger partial charge in [0.2, 0.25) is 0 Å². The molecule has 2 aromatic rings. The second-order valence-corrected chi connectivity index (χ2v) is 5.52. The highest BCUT2D eigenvalue weighted by Crippen LogP contribution is 2.34. The third-order valence-corrected chi connectivity index (χ3v) is 4.32. The summed E-state index contributed by atoms with van der Waals surface area (Å²) in [5.41, 5.74) is 4.57. The van der Waals surface area contributed by atoms with Gasteiger partial charge in [0.25, 0.3) is 0 Å². The summed E-state index contributed by atoms with van der Waals surface area (Å²) in [5.74, 6) is 0.980. The standard InChI is InChI=1S/C17H23NO/c1-3-4-5-7-14-15-12-13(19-2)9-10-17(15)18-11-6-8-16(14)18/h9-10,12H,3-8,11H2,1-2H3. The Morgan fingerprint density at radius 3 is 2.95 bits per heavy atom. The number of nitrogens with zero attached hydrogens (tertiary/aromatic N) is 1. The predicted octanol–water partition coefficient (Wildman–Crippen LogP) is 4.33. The zero-order valence-electron chi connectivity index (χ0n) is 12.0. The van der Waals surface area contributed by atoms with Gasteiger partial charge in [0.05, 0.1) is 7.11 Å². The fraction of sp³-hybridized carbons (Fsp3) is 0.529. The average molecular weight is 257 g/mol. The lowest BCUT2D eigenvalue weighted by atomic mass is 10.0. The minimum atomic E-state index is 0.980. The molecule has 0 atom stereocenters. The van der Waals surface area contributed by atoms with E-state index in [0.717, 1.165) is 5.75 Å². The highest BCUT2D eigenvalue weighted by Gasteiger charge is 2.20. The van der Waals surface area contributed by atoms with Crippen LogP contribution < -0.4 is 4.74 Å². The Morgan fingerprint density at radius 2 is 2.16 bits per heavy atom. The molecule has 0 radical (unpaired) electrons. The van der Waals surface area contributed by atoms with Crippen LogP contribution in [0.2, 0.25) is 0 Å². The van der Waals surface area contributed by atoms with Gasteiger partial charge in [-0.15, -0.1) is 0 Å². The molecule has 102 valence electrons. The molecule has 1 aliphatic heterocycles. The van der Waals surface area contributed by atoms with E-state index >= 15 is 0 Å². The highest BCUT2D eigenvalue weighted by atomic mass is 16.5. The number of fused-ring (bicyclic) bond motifs is 3. The summed E-state index contributed by atoms with van der Waals surface area (Å²) in [5, 5.41) is 1.42. The quantitative estimate of drug-likeness (QED) is 0.727. The van der Waals surface area contributed by atoms with Gasteiger partial charge in [0, 0.05) is 23.1 Å². The Kier molecular flexibility index (Phi) is 3.50. The molecule has 2 nitrogen and oxygen atoms in total. The highest BCUT2D eigenvalue weighted by molar-refractivity contribution is 5.87. The van der Waals surface area contributed by atoms with Gasteiger partial charge in [-0.25, -0.2) is 0 Å².